The Morgan fingerprint density at radius 2 is 1.69 bits per heavy atom. The largest absolute Gasteiger partial charge is 0.445 e. The Balaban J connectivity index is 1.65. The van der Waals surface area contributed by atoms with Gasteiger partial charge in [-0.2, -0.15) is 0 Å². The van der Waals surface area contributed by atoms with E-state index in [0.29, 0.717) is 39.3 Å². The van der Waals surface area contributed by atoms with Gasteiger partial charge in [0.2, 0.25) is 0 Å². The molecule has 2 amide bonds. The molecule has 0 aliphatic carbocycles. The molecular weight excluding hydrogens is 412 g/mol. The summed E-state index contributed by atoms with van der Waals surface area (Å²) < 4.78 is 5.40. The molecule has 0 radical (unpaired) electrons. The van der Waals surface area contributed by atoms with E-state index < -0.39 is 4.92 Å². The van der Waals surface area contributed by atoms with Gasteiger partial charge >= 0.3 is 6.09 Å². The second-order valence-electron chi connectivity index (χ2n) is 7.45. The molecule has 2 aromatic rings. The summed E-state index contributed by atoms with van der Waals surface area (Å²) in [5, 5.41) is 11.5. The first-order valence-corrected chi connectivity index (χ1v) is 10.7. The van der Waals surface area contributed by atoms with Crippen LogP contribution in [0.3, 0.4) is 0 Å². The van der Waals surface area contributed by atoms with Crippen molar-refractivity contribution in [3.05, 3.63) is 69.8 Å². The molecule has 1 heterocycles. The molecule has 0 atom stereocenters. The van der Waals surface area contributed by atoms with Crippen LogP contribution in [0, 0.1) is 10.1 Å². The zero-order chi connectivity index (χ0) is 23.1. The minimum atomic E-state index is -0.527. The number of ether oxygens (including phenoxy) is 1. The molecule has 0 spiro atoms. The average molecular weight is 441 g/mol. The van der Waals surface area contributed by atoms with Crippen LogP contribution in [-0.2, 0) is 11.3 Å². The summed E-state index contributed by atoms with van der Waals surface area (Å²) in [6.07, 6.45) is -0.366. The van der Waals surface area contributed by atoms with Gasteiger partial charge in [-0.05, 0) is 31.5 Å². The summed E-state index contributed by atoms with van der Waals surface area (Å²) in [6, 6.07) is 14.1. The Hall–Kier alpha value is -3.62. The molecule has 0 aromatic heterocycles. The molecule has 3 rings (SSSR count). The normalized spacial score (nSPS) is 13.6. The van der Waals surface area contributed by atoms with Crippen LogP contribution in [0.1, 0.15) is 29.8 Å². The molecule has 9 heteroatoms. The summed E-state index contributed by atoms with van der Waals surface area (Å²) in [5.74, 6) is -0.355. The van der Waals surface area contributed by atoms with E-state index >= 15 is 0 Å². The van der Waals surface area contributed by atoms with Crippen LogP contribution < -0.4 is 4.90 Å². The van der Waals surface area contributed by atoms with Crippen LogP contribution in [0.15, 0.2) is 48.5 Å². The highest BCUT2D eigenvalue weighted by Gasteiger charge is 2.27. The lowest BCUT2D eigenvalue weighted by atomic mass is 10.1. The molecule has 0 N–H and O–H groups in total. The van der Waals surface area contributed by atoms with Gasteiger partial charge in [-0.1, -0.05) is 30.3 Å². The van der Waals surface area contributed by atoms with Crippen molar-refractivity contribution in [1.82, 2.24) is 9.80 Å². The molecule has 1 aliphatic rings. The Kier molecular flexibility index (Phi) is 7.64. The van der Waals surface area contributed by atoms with Crippen molar-refractivity contribution in [2.24, 2.45) is 0 Å². The third kappa shape index (κ3) is 5.35. The Morgan fingerprint density at radius 3 is 2.28 bits per heavy atom. The van der Waals surface area contributed by atoms with Crippen molar-refractivity contribution in [2.45, 2.75) is 20.5 Å². The molecule has 0 unspecified atom stereocenters. The Morgan fingerprint density at radius 1 is 1.03 bits per heavy atom. The number of piperazine rings is 1. The molecule has 0 saturated carbocycles. The molecule has 1 fully saturated rings. The van der Waals surface area contributed by atoms with Gasteiger partial charge in [0.15, 0.2) is 0 Å². The fourth-order valence-corrected chi connectivity index (χ4v) is 3.69. The summed E-state index contributed by atoms with van der Waals surface area (Å²) in [5.41, 5.74) is 1.54. The maximum Gasteiger partial charge on any atom is 0.410 e. The molecule has 1 aliphatic heterocycles. The number of nitrogens with zero attached hydrogens (tertiary/aromatic N) is 4. The standard InChI is InChI=1S/C23H28N4O5/c1-3-24(4-2)22(28)20-16-19(10-11-21(20)27(30)31)25-12-14-26(15-13-25)23(29)32-17-18-8-6-5-7-9-18/h5-11,16H,3-4,12-15,17H2,1-2H3. The van der Waals surface area contributed by atoms with E-state index in [-0.39, 0.29) is 29.9 Å². The monoisotopic (exact) mass is 440 g/mol. The zero-order valence-corrected chi connectivity index (χ0v) is 18.4. The predicted molar refractivity (Wildman–Crippen MR) is 121 cm³/mol. The fraction of sp³-hybridized carbons (Fsp3) is 0.391. The molecule has 0 bridgehead atoms. The van der Waals surface area contributed by atoms with E-state index in [1.165, 1.54) is 6.07 Å². The average Bonchev–Trinajstić information content (AvgIpc) is 2.83. The van der Waals surface area contributed by atoms with Gasteiger partial charge < -0.3 is 19.4 Å². The van der Waals surface area contributed by atoms with E-state index in [1.807, 2.05) is 49.1 Å². The van der Waals surface area contributed by atoms with E-state index in [4.69, 9.17) is 4.74 Å². The smallest absolute Gasteiger partial charge is 0.410 e. The number of hydrogen-bond acceptors (Lipinski definition) is 6. The first-order valence-electron chi connectivity index (χ1n) is 10.7. The first-order chi connectivity index (χ1) is 15.4. The van der Waals surface area contributed by atoms with Gasteiger partial charge in [0.25, 0.3) is 11.6 Å². The number of rotatable bonds is 7. The Bertz CT molecular complexity index is 954. The number of amides is 2. The summed E-state index contributed by atoms with van der Waals surface area (Å²) in [4.78, 5) is 41.4. The third-order valence-electron chi connectivity index (χ3n) is 5.57. The number of nitro benzene ring substituents is 1. The summed E-state index contributed by atoms with van der Waals surface area (Å²) in [7, 11) is 0. The SMILES string of the molecule is CCN(CC)C(=O)c1cc(N2CCN(C(=O)OCc3ccccc3)CC2)ccc1[N+](=O)[O-]. The van der Waals surface area contributed by atoms with Crippen molar-refractivity contribution in [3.63, 3.8) is 0 Å². The van der Waals surface area contributed by atoms with Gasteiger partial charge in [-0.25, -0.2) is 4.79 Å². The highest BCUT2D eigenvalue weighted by atomic mass is 16.6. The van der Waals surface area contributed by atoms with E-state index in [9.17, 15) is 19.7 Å². The van der Waals surface area contributed by atoms with Crippen LogP contribution >= 0.6 is 0 Å². The number of anilines is 1. The van der Waals surface area contributed by atoms with Gasteiger partial charge in [0.05, 0.1) is 4.92 Å². The van der Waals surface area contributed by atoms with Crippen LogP contribution in [0.2, 0.25) is 0 Å². The summed E-state index contributed by atoms with van der Waals surface area (Å²) in [6.45, 7) is 6.85. The van der Waals surface area contributed by atoms with Crippen LogP contribution in [-0.4, -0.2) is 66.0 Å². The lowest BCUT2D eigenvalue weighted by molar-refractivity contribution is -0.385. The molecule has 170 valence electrons. The van der Waals surface area contributed by atoms with Crippen molar-refractivity contribution in [3.8, 4) is 0 Å². The van der Waals surface area contributed by atoms with Crippen LogP contribution in [0.25, 0.3) is 0 Å². The van der Waals surface area contributed by atoms with Gasteiger partial charge in [0.1, 0.15) is 12.2 Å². The Labute approximate surface area is 187 Å². The predicted octanol–water partition coefficient (Wildman–Crippen LogP) is 3.54. The molecular formula is C23H28N4O5. The minimum Gasteiger partial charge on any atom is -0.445 e. The zero-order valence-electron chi connectivity index (χ0n) is 18.4. The van der Waals surface area contributed by atoms with Gasteiger partial charge in [-0.15, -0.1) is 0 Å². The minimum absolute atomic E-state index is 0.0842. The fourth-order valence-electron chi connectivity index (χ4n) is 3.69. The molecule has 32 heavy (non-hydrogen) atoms. The number of hydrogen-bond donors (Lipinski definition) is 0. The first kappa shape index (κ1) is 23.1. The summed E-state index contributed by atoms with van der Waals surface area (Å²) >= 11 is 0. The maximum absolute atomic E-state index is 12.8. The number of carbonyl (C=O) groups is 2. The number of carbonyl (C=O) groups excluding carboxylic acids is 2. The lowest BCUT2D eigenvalue weighted by Crippen LogP contribution is -2.49. The third-order valence-corrected chi connectivity index (χ3v) is 5.57. The van der Waals surface area contributed by atoms with Crippen molar-refractivity contribution in [1.29, 1.82) is 0 Å². The molecule has 1 saturated heterocycles. The van der Waals surface area contributed by atoms with Crippen molar-refractivity contribution in [2.75, 3.05) is 44.2 Å². The van der Waals surface area contributed by atoms with Crippen LogP contribution in [0.5, 0.6) is 0 Å². The highest BCUT2D eigenvalue weighted by Crippen LogP contribution is 2.27. The van der Waals surface area contributed by atoms with Crippen molar-refractivity contribution < 1.29 is 19.2 Å². The second-order valence-corrected chi connectivity index (χ2v) is 7.45. The van der Waals surface area contributed by atoms with E-state index in [1.54, 1.807) is 21.9 Å². The molecule has 9 nitrogen and oxygen atoms in total. The van der Waals surface area contributed by atoms with E-state index in [2.05, 4.69) is 0 Å². The van der Waals surface area contributed by atoms with Crippen LogP contribution in [0.4, 0.5) is 16.2 Å². The highest BCUT2D eigenvalue weighted by molar-refractivity contribution is 5.99. The molecule has 2 aromatic carbocycles. The number of nitro groups is 1. The maximum atomic E-state index is 12.8. The van der Waals surface area contributed by atoms with Gasteiger partial charge in [-0.3, -0.25) is 14.9 Å². The number of benzene rings is 2. The van der Waals surface area contributed by atoms with Gasteiger partial charge in [0, 0.05) is 51.0 Å². The quantitative estimate of drug-likeness (QED) is 0.483. The topological polar surface area (TPSA) is 96.2 Å². The second kappa shape index (κ2) is 10.6. The lowest BCUT2D eigenvalue weighted by Gasteiger charge is -2.35. The van der Waals surface area contributed by atoms with Crippen molar-refractivity contribution >= 4 is 23.4 Å². The van der Waals surface area contributed by atoms with E-state index in [0.717, 1.165) is 11.3 Å².